The van der Waals surface area contributed by atoms with Gasteiger partial charge < -0.3 is 4.90 Å². The molecule has 1 aromatic carbocycles. The molecule has 0 N–H and O–H groups in total. The van der Waals surface area contributed by atoms with Crippen LogP contribution in [0.2, 0.25) is 5.02 Å². The van der Waals surface area contributed by atoms with Gasteiger partial charge in [0.15, 0.2) is 0 Å². The quantitative estimate of drug-likeness (QED) is 0.815. The van der Waals surface area contributed by atoms with Crippen LogP contribution in [0.5, 0.6) is 0 Å². The number of ketones is 1. The molecule has 0 aliphatic carbocycles. The molecule has 4 nitrogen and oxygen atoms in total. The summed E-state index contributed by atoms with van der Waals surface area (Å²) in [7, 11) is 0. The molecular formula is C15H11ClN2O2. The summed E-state index contributed by atoms with van der Waals surface area (Å²) in [5, 5.41) is 0.427. The number of halogens is 1. The molecule has 0 unspecified atom stereocenters. The van der Waals surface area contributed by atoms with Crippen molar-refractivity contribution in [3.8, 4) is 0 Å². The molecule has 0 fully saturated rings. The third-order valence-corrected chi connectivity index (χ3v) is 3.62. The van der Waals surface area contributed by atoms with Crippen LogP contribution in [-0.2, 0) is 11.2 Å². The molecule has 0 saturated heterocycles. The average Bonchev–Trinajstić information content (AvgIpc) is 2.72. The van der Waals surface area contributed by atoms with Crippen molar-refractivity contribution in [1.82, 2.24) is 4.98 Å². The summed E-state index contributed by atoms with van der Waals surface area (Å²) < 4.78 is 0. The number of para-hydroxylation sites is 1. The number of pyridine rings is 1. The summed E-state index contributed by atoms with van der Waals surface area (Å²) in [5.74, 6) is -1.00. The third-order valence-electron chi connectivity index (χ3n) is 3.31. The summed E-state index contributed by atoms with van der Waals surface area (Å²) in [5.41, 5.74) is 1.97. The number of aromatic nitrogens is 1. The van der Waals surface area contributed by atoms with Crippen LogP contribution in [0.3, 0.4) is 0 Å². The van der Waals surface area contributed by atoms with Crippen molar-refractivity contribution in [2.75, 3.05) is 11.4 Å². The van der Waals surface area contributed by atoms with E-state index in [1.807, 2.05) is 12.1 Å². The normalized spacial score (nSPS) is 13.8. The summed E-state index contributed by atoms with van der Waals surface area (Å²) in [6, 6.07) is 8.77. The van der Waals surface area contributed by atoms with E-state index < -0.39 is 11.7 Å². The minimum atomic E-state index is -0.512. The Labute approximate surface area is 121 Å². The maximum atomic E-state index is 12.0. The van der Waals surface area contributed by atoms with Gasteiger partial charge in [-0.1, -0.05) is 17.7 Å². The van der Waals surface area contributed by atoms with Gasteiger partial charge in [0.1, 0.15) is 0 Å². The van der Waals surface area contributed by atoms with Crippen LogP contribution in [0.15, 0.2) is 42.7 Å². The summed E-state index contributed by atoms with van der Waals surface area (Å²) >= 11 is 6.12. The van der Waals surface area contributed by atoms with Gasteiger partial charge in [-0.05, 0) is 36.2 Å². The van der Waals surface area contributed by atoms with Gasteiger partial charge in [0.2, 0.25) is 0 Å². The molecule has 1 amide bonds. The van der Waals surface area contributed by atoms with Crippen LogP contribution < -0.4 is 4.90 Å². The van der Waals surface area contributed by atoms with Crippen LogP contribution in [0.25, 0.3) is 0 Å². The Hall–Kier alpha value is -2.20. The molecule has 5 heteroatoms. The number of hydrogen-bond donors (Lipinski definition) is 0. The fraction of sp³-hybridized carbons (Fsp3) is 0.133. The molecule has 0 spiro atoms. The highest BCUT2D eigenvalue weighted by atomic mass is 35.5. The van der Waals surface area contributed by atoms with E-state index in [9.17, 15) is 9.59 Å². The van der Waals surface area contributed by atoms with Crippen molar-refractivity contribution < 1.29 is 9.59 Å². The Morgan fingerprint density at radius 2 is 1.85 bits per heavy atom. The lowest BCUT2D eigenvalue weighted by molar-refractivity contribution is -0.114. The topological polar surface area (TPSA) is 50.3 Å². The van der Waals surface area contributed by atoms with E-state index in [1.54, 1.807) is 30.6 Å². The Morgan fingerprint density at radius 3 is 2.60 bits per heavy atom. The van der Waals surface area contributed by atoms with Crippen LogP contribution in [0.4, 0.5) is 5.69 Å². The molecule has 0 atom stereocenters. The van der Waals surface area contributed by atoms with Crippen molar-refractivity contribution in [3.05, 3.63) is 58.9 Å². The first-order chi connectivity index (χ1) is 9.68. The number of nitrogens with zero attached hydrogens (tertiary/aromatic N) is 2. The zero-order valence-electron chi connectivity index (χ0n) is 10.5. The number of amides is 1. The number of carbonyl (C=O) groups excluding carboxylic acids is 2. The van der Waals surface area contributed by atoms with E-state index in [2.05, 4.69) is 4.98 Å². The Kier molecular flexibility index (Phi) is 3.24. The lowest BCUT2D eigenvalue weighted by Crippen LogP contribution is -2.31. The molecule has 2 aromatic rings. The lowest BCUT2D eigenvalue weighted by Gasteiger charge is -2.17. The van der Waals surface area contributed by atoms with Gasteiger partial charge in [0.25, 0.3) is 11.7 Å². The molecule has 0 saturated carbocycles. The van der Waals surface area contributed by atoms with Crippen molar-refractivity contribution in [2.24, 2.45) is 0 Å². The van der Waals surface area contributed by atoms with Crippen LogP contribution >= 0.6 is 11.6 Å². The zero-order valence-corrected chi connectivity index (χ0v) is 11.3. The van der Waals surface area contributed by atoms with E-state index in [-0.39, 0.29) is 0 Å². The maximum Gasteiger partial charge on any atom is 0.299 e. The molecule has 0 radical (unpaired) electrons. The van der Waals surface area contributed by atoms with Gasteiger partial charge in [-0.3, -0.25) is 14.6 Å². The number of anilines is 1. The molecule has 2 heterocycles. The Morgan fingerprint density at radius 1 is 1.10 bits per heavy atom. The Bertz CT molecular complexity index is 686. The smallest absolute Gasteiger partial charge is 0.299 e. The van der Waals surface area contributed by atoms with Gasteiger partial charge >= 0.3 is 0 Å². The van der Waals surface area contributed by atoms with Crippen LogP contribution in [0.1, 0.15) is 15.9 Å². The predicted octanol–water partition coefficient (Wildman–Crippen LogP) is 2.51. The van der Waals surface area contributed by atoms with Gasteiger partial charge in [-0.2, -0.15) is 0 Å². The Balaban J connectivity index is 1.88. The molecular weight excluding hydrogens is 276 g/mol. The predicted molar refractivity (Wildman–Crippen MR) is 76.1 cm³/mol. The number of hydrogen-bond acceptors (Lipinski definition) is 3. The fourth-order valence-corrected chi connectivity index (χ4v) is 2.59. The summed E-state index contributed by atoms with van der Waals surface area (Å²) in [6.07, 6.45) is 4.05. The fourth-order valence-electron chi connectivity index (χ4n) is 2.32. The lowest BCUT2D eigenvalue weighted by atomic mass is 10.1. The third kappa shape index (κ3) is 2.08. The van der Waals surface area contributed by atoms with Crippen molar-refractivity contribution in [1.29, 1.82) is 0 Å². The van der Waals surface area contributed by atoms with Gasteiger partial charge in [0.05, 0.1) is 16.3 Å². The molecule has 1 aliphatic heterocycles. The second-order valence-electron chi connectivity index (χ2n) is 4.53. The minimum absolute atomic E-state index is 0.386. The monoisotopic (exact) mass is 286 g/mol. The summed E-state index contributed by atoms with van der Waals surface area (Å²) in [4.78, 5) is 29.4. The van der Waals surface area contributed by atoms with E-state index in [4.69, 9.17) is 11.6 Å². The average molecular weight is 287 g/mol. The maximum absolute atomic E-state index is 12.0. The zero-order chi connectivity index (χ0) is 14.1. The first kappa shape index (κ1) is 12.8. The van der Waals surface area contributed by atoms with Gasteiger partial charge in [-0.25, -0.2) is 0 Å². The number of Topliss-reactive ketones (excluding diaryl/α,β-unsaturated/α-hetero) is 1. The molecule has 20 heavy (non-hydrogen) atoms. The molecule has 0 bridgehead atoms. The van der Waals surface area contributed by atoms with E-state index >= 15 is 0 Å². The molecule has 1 aliphatic rings. The number of benzene rings is 1. The highest BCUT2D eigenvalue weighted by Gasteiger charge is 2.36. The largest absolute Gasteiger partial charge is 0.303 e. The van der Waals surface area contributed by atoms with E-state index in [0.29, 0.717) is 29.2 Å². The van der Waals surface area contributed by atoms with E-state index in [0.717, 1.165) is 5.56 Å². The second kappa shape index (κ2) is 5.06. The van der Waals surface area contributed by atoms with Gasteiger partial charge in [-0.15, -0.1) is 0 Å². The molecule has 100 valence electrons. The molecule has 1 aromatic heterocycles. The number of rotatable bonds is 3. The highest BCUT2D eigenvalue weighted by molar-refractivity contribution is 6.54. The minimum Gasteiger partial charge on any atom is -0.303 e. The first-order valence-electron chi connectivity index (χ1n) is 6.22. The van der Waals surface area contributed by atoms with Crippen LogP contribution in [-0.4, -0.2) is 23.2 Å². The standard InChI is InChI=1S/C15H11ClN2O2/c16-12-3-1-2-11-13(12)18(15(20)14(11)19)9-6-10-4-7-17-8-5-10/h1-5,7-8H,6,9H2. The first-order valence-corrected chi connectivity index (χ1v) is 6.60. The summed E-state index contributed by atoms with van der Waals surface area (Å²) in [6.45, 7) is 0.422. The van der Waals surface area contributed by atoms with Crippen molar-refractivity contribution >= 4 is 29.0 Å². The number of carbonyl (C=O) groups is 2. The molecule has 3 rings (SSSR count). The highest BCUT2D eigenvalue weighted by Crippen LogP contribution is 2.35. The van der Waals surface area contributed by atoms with Crippen molar-refractivity contribution in [3.63, 3.8) is 0 Å². The van der Waals surface area contributed by atoms with Gasteiger partial charge in [0, 0.05) is 18.9 Å². The van der Waals surface area contributed by atoms with Crippen LogP contribution in [0, 0.1) is 0 Å². The van der Waals surface area contributed by atoms with E-state index in [1.165, 1.54) is 4.90 Å². The SMILES string of the molecule is O=C1C(=O)N(CCc2ccncc2)c2c(Cl)cccc21. The van der Waals surface area contributed by atoms with Crippen molar-refractivity contribution in [2.45, 2.75) is 6.42 Å². The second-order valence-corrected chi connectivity index (χ2v) is 4.93. The number of fused-ring (bicyclic) bond motifs is 1.